The van der Waals surface area contributed by atoms with Gasteiger partial charge in [0.25, 0.3) is 5.69 Å². The third-order valence-corrected chi connectivity index (χ3v) is 2.10. The molecule has 0 aliphatic rings. The molecule has 0 unspecified atom stereocenters. The summed E-state index contributed by atoms with van der Waals surface area (Å²) in [5.74, 6) is -0.795. The fourth-order valence-electron chi connectivity index (χ4n) is 1.01. The predicted molar refractivity (Wildman–Crippen MR) is 71.2 cm³/mol. The van der Waals surface area contributed by atoms with Gasteiger partial charge in [0.05, 0.1) is 10.6 Å². The number of carbonyl (C=O) groups is 1. The normalized spacial score (nSPS) is 10.7. The number of anilines is 1. The molecule has 1 N–H and O–H groups in total. The summed E-state index contributed by atoms with van der Waals surface area (Å²) in [5, 5.41) is 13.6. The number of nitro benzene ring substituents is 1. The molecule has 19 heavy (non-hydrogen) atoms. The zero-order valence-electron chi connectivity index (χ0n) is 9.71. The lowest BCUT2D eigenvalue weighted by Gasteiger charge is -2.01. The third-order valence-electron chi connectivity index (χ3n) is 1.86. The van der Waals surface area contributed by atoms with Crippen molar-refractivity contribution in [2.75, 3.05) is 12.0 Å². The van der Waals surface area contributed by atoms with Crippen molar-refractivity contribution < 1.29 is 14.5 Å². The average molecular weight is 284 g/mol. The van der Waals surface area contributed by atoms with Crippen LogP contribution in [0.15, 0.2) is 42.0 Å². The van der Waals surface area contributed by atoms with E-state index in [0.29, 0.717) is 5.69 Å². The van der Waals surface area contributed by atoms with Crippen LogP contribution in [0.2, 0.25) is 0 Å². The summed E-state index contributed by atoms with van der Waals surface area (Å²) in [6, 6.07) is 5.45. The number of hydrazone groups is 1. The van der Waals surface area contributed by atoms with Crippen LogP contribution in [-0.4, -0.2) is 22.7 Å². The third kappa shape index (κ3) is 4.76. The molecule has 1 rings (SSSR count). The van der Waals surface area contributed by atoms with E-state index in [1.54, 1.807) is 0 Å². The van der Waals surface area contributed by atoms with E-state index in [9.17, 15) is 14.9 Å². The van der Waals surface area contributed by atoms with Gasteiger partial charge in [0, 0.05) is 12.1 Å². The molecule has 7 nitrogen and oxygen atoms in total. The molecule has 0 atom stereocenters. The number of benzene rings is 1. The maximum Gasteiger partial charge on any atom is 0.371 e. The van der Waals surface area contributed by atoms with Crippen LogP contribution in [0.25, 0.3) is 0 Å². The van der Waals surface area contributed by atoms with E-state index in [4.69, 9.17) is 11.6 Å². The van der Waals surface area contributed by atoms with E-state index < -0.39 is 10.9 Å². The lowest BCUT2D eigenvalue weighted by Crippen LogP contribution is -2.13. The van der Waals surface area contributed by atoms with Crippen molar-refractivity contribution in [1.29, 1.82) is 0 Å². The number of hydrogen-bond donors (Lipinski definition) is 1. The van der Waals surface area contributed by atoms with Gasteiger partial charge >= 0.3 is 5.97 Å². The quantitative estimate of drug-likeness (QED) is 0.284. The number of nitrogens with zero attached hydrogens (tertiary/aromatic N) is 2. The van der Waals surface area contributed by atoms with Gasteiger partial charge in [0.15, 0.2) is 0 Å². The van der Waals surface area contributed by atoms with Crippen LogP contribution in [0.1, 0.15) is 0 Å². The van der Waals surface area contributed by atoms with E-state index in [1.807, 2.05) is 0 Å². The Morgan fingerprint density at radius 3 is 2.68 bits per heavy atom. The van der Waals surface area contributed by atoms with Gasteiger partial charge in [0.2, 0.25) is 5.17 Å². The molecule has 0 radical (unpaired) electrons. The number of carbonyl (C=O) groups excluding carboxylic acids is 1. The summed E-state index contributed by atoms with van der Waals surface area (Å²) in [6.07, 6.45) is 1.39. The summed E-state index contributed by atoms with van der Waals surface area (Å²) >= 11 is 5.57. The molecule has 100 valence electrons. The van der Waals surface area contributed by atoms with Crippen molar-refractivity contribution in [3.63, 3.8) is 0 Å². The molecule has 0 amide bonds. The molecule has 0 aliphatic carbocycles. The van der Waals surface area contributed by atoms with Gasteiger partial charge in [-0.3, -0.25) is 15.5 Å². The van der Waals surface area contributed by atoms with Crippen LogP contribution in [0.3, 0.4) is 0 Å². The molecule has 1 aromatic rings. The molecule has 0 spiro atoms. The minimum atomic E-state index is -0.795. The van der Waals surface area contributed by atoms with Crippen LogP contribution in [0, 0.1) is 10.1 Å². The highest BCUT2D eigenvalue weighted by atomic mass is 35.5. The number of nitrogens with one attached hydrogen (secondary N) is 1. The Kier molecular flexibility index (Phi) is 5.49. The monoisotopic (exact) mass is 283 g/mol. The van der Waals surface area contributed by atoms with Gasteiger partial charge in [-0.2, -0.15) is 5.10 Å². The molecule has 0 aromatic heterocycles. The molecule has 0 bridgehead atoms. The van der Waals surface area contributed by atoms with E-state index >= 15 is 0 Å². The SMILES string of the molecule is C=CCOC(=O)/C(Cl)=N/Nc1ccc([N+](=O)[O-])cc1. The molecule has 0 aliphatic heterocycles. The number of hydrogen-bond acceptors (Lipinski definition) is 6. The Hall–Kier alpha value is -2.41. The average Bonchev–Trinajstić information content (AvgIpc) is 2.42. The molecule has 0 fully saturated rings. The maximum absolute atomic E-state index is 11.2. The Balaban J connectivity index is 2.62. The van der Waals surface area contributed by atoms with Gasteiger partial charge in [-0.25, -0.2) is 4.79 Å². The van der Waals surface area contributed by atoms with Gasteiger partial charge in [-0.05, 0) is 12.1 Å². The first-order chi connectivity index (χ1) is 9.04. The lowest BCUT2D eigenvalue weighted by molar-refractivity contribution is -0.384. The van der Waals surface area contributed by atoms with Gasteiger partial charge < -0.3 is 4.74 Å². The number of ether oxygens (including phenoxy) is 1. The first-order valence-electron chi connectivity index (χ1n) is 5.06. The molecule has 1 aromatic carbocycles. The van der Waals surface area contributed by atoms with Crippen LogP contribution in [-0.2, 0) is 9.53 Å². The zero-order chi connectivity index (χ0) is 14.3. The van der Waals surface area contributed by atoms with Gasteiger partial charge in [0.1, 0.15) is 6.61 Å². The number of rotatable bonds is 6. The minimum Gasteiger partial charge on any atom is -0.456 e. The van der Waals surface area contributed by atoms with Crippen LogP contribution < -0.4 is 5.43 Å². The summed E-state index contributed by atoms with van der Waals surface area (Å²) in [4.78, 5) is 21.1. The Morgan fingerprint density at radius 1 is 1.53 bits per heavy atom. The first kappa shape index (κ1) is 14.7. The highest BCUT2D eigenvalue weighted by molar-refractivity contribution is 6.82. The van der Waals surface area contributed by atoms with Crippen molar-refractivity contribution in [2.24, 2.45) is 5.10 Å². The Bertz CT molecular complexity index is 513. The van der Waals surface area contributed by atoms with Crippen LogP contribution in [0.4, 0.5) is 11.4 Å². The predicted octanol–water partition coefficient (Wildman–Crippen LogP) is 2.29. The van der Waals surface area contributed by atoms with Gasteiger partial charge in [-0.15, -0.1) is 0 Å². The summed E-state index contributed by atoms with van der Waals surface area (Å²) in [7, 11) is 0. The number of nitro groups is 1. The van der Waals surface area contributed by atoms with Crippen LogP contribution in [0.5, 0.6) is 0 Å². The Morgan fingerprint density at radius 2 is 2.16 bits per heavy atom. The molecular weight excluding hydrogens is 274 g/mol. The maximum atomic E-state index is 11.2. The van der Waals surface area contributed by atoms with Crippen LogP contribution >= 0.6 is 11.6 Å². The van der Waals surface area contributed by atoms with Crippen molar-refractivity contribution in [3.05, 3.63) is 47.0 Å². The molecule has 0 saturated carbocycles. The van der Waals surface area contributed by atoms with Crippen molar-refractivity contribution in [2.45, 2.75) is 0 Å². The smallest absolute Gasteiger partial charge is 0.371 e. The molecular formula is C11H10ClN3O4. The van der Waals surface area contributed by atoms with Crippen molar-refractivity contribution >= 4 is 34.1 Å². The summed E-state index contributed by atoms with van der Waals surface area (Å²) < 4.78 is 4.64. The van der Waals surface area contributed by atoms with E-state index in [2.05, 4.69) is 21.8 Å². The molecule has 0 saturated heterocycles. The van der Waals surface area contributed by atoms with Crippen molar-refractivity contribution in [3.8, 4) is 0 Å². The van der Waals surface area contributed by atoms with E-state index in [1.165, 1.54) is 30.3 Å². The standard InChI is InChI=1S/C11H10ClN3O4/c1-2-7-19-11(16)10(12)14-13-8-3-5-9(6-4-8)15(17)18/h2-6,13H,1,7H2/b14-10-. The number of non-ortho nitro benzene ring substituents is 1. The summed E-state index contributed by atoms with van der Waals surface area (Å²) in [6.45, 7) is 3.41. The summed E-state index contributed by atoms with van der Waals surface area (Å²) in [5.41, 5.74) is 2.87. The fourth-order valence-corrected chi connectivity index (χ4v) is 1.11. The topological polar surface area (TPSA) is 93.8 Å². The second kappa shape index (κ2) is 7.12. The highest BCUT2D eigenvalue weighted by Gasteiger charge is 2.09. The second-order valence-corrected chi connectivity index (χ2v) is 3.56. The molecule has 0 heterocycles. The lowest BCUT2D eigenvalue weighted by atomic mass is 10.3. The number of esters is 1. The first-order valence-corrected chi connectivity index (χ1v) is 5.44. The van der Waals surface area contributed by atoms with Crippen molar-refractivity contribution in [1.82, 2.24) is 0 Å². The van der Waals surface area contributed by atoms with E-state index in [-0.39, 0.29) is 17.5 Å². The van der Waals surface area contributed by atoms with E-state index in [0.717, 1.165) is 0 Å². The highest BCUT2D eigenvalue weighted by Crippen LogP contribution is 2.15. The van der Waals surface area contributed by atoms with Gasteiger partial charge in [-0.1, -0.05) is 24.3 Å². The largest absolute Gasteiger partial charge is 0.456 e. The number of halogens is 1. The second-order valence-electron chi connectivity index (χ2n) is 3.21. The minimum absolute atomic E-state index is 0.0299. The Labute approximate surface area is 113 Å². The fraction of sp³-hybridized carbons (Fsp3) is 0.0909. The zero-order valence-corrected chi connectivity index (χ0v) is 10.5. The molecule has 8 heteroatoms.